The normalized spacial score (nSPS) is 15.5. The van der Waals surface area contributed by atoms with Crippen molar-refractivity contribution in [3.63, 3.8) is 0 Å². The zero-order chi connectivity index (χ0) is 21.3. The van der Waals surface area contributed by atoms with Gasteiger partial charge in [0.25, 0.3) is 0 Å². The van der Waals surface area contributed by atoms with Gasteiger partial charge in [-0.25, -0.2) is 8.42 Å². The van der Waals surface area contributed by atoms with Gasteiger partial charge in [0.1, 0.15) is 10.6 Å². The minimum Gasteiger partial charge on any atom is -0.497 e. The first-order chi connectivity index (χ1) is 14.4. The van der Waals surface area contributed by atoms with Crippen molar-refractivity contribution < 1.29 is 18.3 Å². The van der Waals surface area contributed by atoms with Crippen LogP contribution in [0, 0.1) is 0 Å². The summed E-state index contributed by atoms with van der Waals surface area (Å²) in [6.45, 7) is 3.19. The fraction of sp³-hybridized carbons (Fsp3) is 0.348. The van der Waals surface area contributed by atoms with Crippen LogP contribution in [0.2, 0.25) is 0 Å². The third kappa shape index (κ3) is 3.75. The first kappa shape index (κ1) is 20.6. The van der Waals surface area contributed by atoms with Gasteiger partial charge in [-0.1, -0.05) is 19.1 Å². The Kier molecular flexibility index (Phi) is 5.66. The van der Waals surface area contributed by atoms with Crippen molar-refractivity contribution in [1.82, 2.24) is 4.98 Å². The highest BCUT2D eigenvalue weighted by Gasteiger charge is 2.29. The largest absolute Gasteiger partial charge is 0.497 e. The first-order valence-electron chi connectivity index (χ1n) is 10.2. The summed E-state index contributed by atoms with van der Waals surface area (Å²) in [5.41, 5.74) is 2.42. The molecule has 0 amide bonds. The van der Waals surface area contributed by atoms with Crippen LogP contribution in [0.25, 0.3) is 10.9 Å². The highest BCUT2D eigenvalue weighted by atomic mass is 32.2. The second-order valence-electron chi connectivity index (χ2n) is 7.57. The quantitative estimate of drug-likeness (QED) is 0.672. The molecule has 30 heavy (non-hydrogen) atoms. The number of pyridine rings is 1. The number of rotatable bonds is 5. The van der Waals surface area contributed by atoms with Crippen molar-refractivity contribution in [2.24, 2.45) is 0 Å². The summed E-state index contributed by atoms with van der Waals surface area (Å²) in [4.78, 5) is 6.92. The van der Waals surface area contributed by atoms with E-state index in [4.69, 9.17) is 4.74 Å². The molecule has 1 aromatic heterocycles. The van der Waals surface area contributed by atoms with Gasteiger partial charge < -0.3 is 14.7 Å². The van der Waals surface area contributed by atoms with E-state index in [-0.39, 0.29) is 15.9 Å². The van der Waals surface area contributed by atoms with E-state index in [1.54, 1.807) is 19.2 Å². The maximum absolute atomic E-state index is 13.6. The topological polar surface area (TPSA) is 79.7 Å². The van der Waals surface area contributed by atoms with E-state index in [0.29, 0.717) is 42.9 Å². The molecule has 0 unspecified atom stereocenters. The molecule has 3 aromatic rings. The van der Waals surface area contributed by atoms with Gasteiger partial charge in [-0.15, -0.1) is 0 Å². The fourth-order valence-electron chi connectivity index (χ4n) is 3.91. The zero-order valence-corrected chi connectivity index (χ0v) is 18.0. The zero-order valence-electron chi connectivity index (χ0n) is 17.2. The Morgan fingerprint density at radius 1 is 1.13 bits per heavy atom. The SMILES string of the molecule is CCc1ccc(S(=O)(=O)c2cnc3ccc(OC)cc3c2N2CCC(O)CC2)cc1. The van der Waals surface area contributed by atoms with Gasteiger partial charge in [-0.3, -0.25) is 4.98 Å². The number of nitrogens with zero attached hydrogens (tertiary/aromatic N) is 2. The molecule has 1 fully saturated rings. The molecular formula is C23H26N2O4S. The van der Waals surface area contributed by atoms with Gasteiger partial charge >= 0.3 is 0 Å². The van der Waals surface area contributed by atoms with Crippen LogP contribution >= 0.6 is 0 Å². The fourth-order valence-corrected chi connectivity index (χ4v) is 5.34. The second-order valence-corrected chi connectivity index (χ2v) is 9.49. The van der Waals surface area contributed by atoms with E-state index in [1.807, 2.05) is 42.2 Å². The summed E-state index contributed by atoms with van der Waals surface area (Å²) in [6, 6.07) is 12.5. The molecule has 158 valence electrons. The summed E-state index contributed by atoms with van der Waals surface area (Å²) in [6.07, 6.45) is 3.14. The lowest BCUT2D eigenvalue weighted by Gasteiger charge is -2.33. The Morgan fingerprint density at radius 2 is 1.83 bits per heavy atom. The molecule has 0 saturated carbocycles. The average molecular weight is 427 g/mol. The first-order valence-corrected chi connectivity index (χ1v) is 11.7. The van der Waals surface area contributed by atoms with Crippen molar-refractivity contribution >= 4 is 26.4 Å². The number of sulfone groups is 1. The molecule has 1 aliphatic rings. The van der Waals surface area contributed by atoms with Gasteiger partial charge in [0, 0.05) is 24.7 Å². The third-order valence-corrected chi connectivity index (χ3v) is 7.50. The predicted molar refractivity (Wildman–Crippen MR) is 117 cm³/mol. The van der Waals surface area contributed by atoms with E-state index in [2.05, 4.69) is 4.98 Å². The van der Waals surface area contributed by atoms with E-state index in [0.717, 1.165) is 17.4 Å². The third-order valence-electron chi connectivity index (χ3n) is 5.73. The number of piperidine rings is 1. The number of ether oxygens (including phenoxy) is 1. The number of anilines is 1. The standard InChI is InChI=1S/C23H26N2O4S/c1-3-16-4-7-19(8-5-16)30(27,28)22-15-24-21-9-6-18(29-2)14-20(21)23(22)25-12-10-17(26)11-13-25/h4-9,14-15,17,26H,3,10-13H2,1-2H3. The highest BCUT2D eigenvalue weighted by Crippen LogP contribution is 2.38. The van der Waals surface area contributed by atoms with Crippen LogP contribution in [0.5, 0.6) is 5.75 Å². The van der Waals surface area contributed by atoms with Gasteiger partial charge in [-0.2, -0.15) is 0 Å². The molecule has 0 bridgehead atoms. The Labute approximate surface area is 177 Å². The number of hydrogen-bond donors (Lipinski definition) is 1. The predicted octanol–water partition coefficient (Wildman–Crippen LogP) is 3.60. The second kappa shape index (κ2) is 8.24. The van der Waals surface area contributed by atoms with Gasteiger partial charge in [0.15, 0.2) is 0 Å². The summed E-state index contributed by atoms with van der Waals surface area (Å²) < 4.78 is 32.6. The molecule has 1 N–H and O–H groups in total. The Balaban J connectivity index is 1.92. The smallest absolute Gasteiger partial charge is 0.210 e. The monoisotopic (exact) mass is 426 g/mol. The molecule has 0 aliphatic carbocycles. The van der Waals surface area contributed by atoms with Crippen LogP contribution in [-0.4, -0.2) is 44.8 Å². The number of aromatic nitrogens is 1. The van der Waals surface area contributed by atoms with Crippen molar-refractivity contribution in [2.75, 3.05) is 25.1 Å². The Morgan fingerprint density at radius 3 is 2.47 bits per heavy atom. The molecule has 7 heteroatoms. The Hall–Kier alpha value is -2.64. The van der Waals surface area contributed by atoms with E-state index in [1.165, 1.54) is 6.20 Å². The van der Waals surface area contributed by atoms with Gasteiger partial charge in [0.2, 0.25) is 9.84 Å². The van der Waals surface area contributed by atoms with Crippen LogP contribution in [0.4, 0.5) is 5.69 Å². The molecule has 6 nitrogen and oxygen atoms in total. The minimum absolute atomic E-state index is 0.184. The van der Waals surface area contributed by atoms with Crippen LogP contribution in [0.3, 0.4) is 0 Å². The molecule has 0 spiro atoms. The van der Waals surface area contributed by atoms with E-state index < -0.39 is 9.84 Å². The molecule has 4 rings (SSSR count). The summed E-state index contributed by atoms with van der Waals surface area (Å²) in [7, 11) is -2.19. The number of benzene rings is 2. The lowest BCUT2D eigenvalue weighted by molar-refractivity contribution is 0.145. The molecular weight excluding hydrogens is 400 g/mol. The number of methoxy groups -OCH3 is 1. The van der Waals surface area contributed by atoms with Crippen LogP contribution in [0.15, 0.2) is 58.5 Å². The molecule has 1 aliphatic heterocycles. The maximum atomic E-state index is 13.6. The molecule has 2 aromatic carbocycles. The number of fused-ring (bicyclic) bond motifs is 1. The molecule has 0 atom stereocenters. The van der Waals surface area contributed by atoms with Crippen LogP contribution in [-0.2, 0) is 16.3 Å². The summed E-state index contributed by atoms with van der Waals surface area (Å²) >= 11 is 0. The lowest BCUT2D eigenvalue weighted by atomic mass is 10.1. The van der Waals surface area contributed by atoms with Gasteiger partial charge in [-0.05, 0) is 55.2 Å². The van der Waals surface area contributed by atoms with E-state index in [9.17, 15) is 13.5 Å². The van der Waals surface area contributed by atoms with Crippen molar-refractivity contribution in [1.29, 1.82) is 0 Å². The van der Waals surface area contributed by atoms with Gasteiger partial charge in [0.05, 0.1) is 29.3 Å². The summed E-state index contributed by atoms with van der Waals surface area (Å²) in [5.74, 6) is 0.643. The number of aliphatic hydroxyl groups excluding tert-OH is 1. The highest BCUT2D eigenvalue weighted by molar-refractivity contribution is 7.91. The van der Waals surface area contributed by atoms with Crippen molar-refractivity contribution in [3.05, 3.63) is 54.2 Å². The molecule has 2 heterocycles. The number of aryl methyl sites for hydroxylation is 1. The van der Waals surface area contributed by atoms with Crippen molar-refractivity contribution in [2.45, 2.75) is 42.1 Å². The van der Waals surface area contributed by atoms with E-state index >= 15 is 0 Å². The Bertz CT molecular complexity index is 1150. The van der Waals surface area contributed by atoms with Crippen LogP contribution < -0.4 is 9.64 Å². The maximum Gasteiger partial charge on any atom is 0.210 e. The number of hydrogen-bond acceptors (Lipinski definition) is 6. The molecule has 0 radical (unpaired) electrons. The lowest BCUT2D eigenvalue weighted by Crippen LogP contribution is -2.36. The van der Waals surface area contributed by atoms with Crippen LogP contribution in [0.1, 0.15) is 25.3 Å². The average Bonchev–Trinajstić information content (AvgIpc) is 2.78. The van der Waals surface area contributed by atoms with Crippen molar-refractivity contribution in [3.8, 4) is 5.75 Å². The minimum atomic E-state index is -3.78. The number of aliphatic hydroxyl groups is 1. The summed E-state index contributed by atoms with van der Waals surface area (Å²) in [5, 5.41) is 10.7. The molecule has 1 saturated heterocycles.